The lowest BCUT2D eigenvalue weighted by molar-refractivity contribution is 0.567. The van der Waals surface area contributed by atoms with Crippen LogP contribution < -0.4 is 5.32 Å². The monoisotopic (exact) mass is 273 g/mol. The lowest BCUT2D eigenvalue weighted by Crippen LogP contribution is -2.17. The van der Waals surface area contributed by atoms with E-state index in [0.717, 1.165) is 24.3 Å². The van der Waals surface area contributed by atoms with Crippen molar-refractivity contribution in [3.63, 3.8) is 0 Å². The molecule has 0 unspecified atom stereocenters. The van der Waals surface area contributed by atoms with Crippen molar-refractivity contribution in [2.75, 3.05) is 18.6 Å². The van der Waals surface area contributed by atoms with Crippen LogP contribution in [0.15, 0.2) is 6.20 Å². The van der Waals surface area contributed by atoms with Crippen molar-refractivity contribution < 1.29 is 8.42 Å². The lowest BCUT2D eigenvalue weighted by atomic mass is 10.1. The van der Waals surface area contributed by atoms with Crippen LogP contribution in [0.3, 0.4) is 0 Å². The largest absolute Gasteiger partial charge is 0.313 e. The molecule has 0 bridgehead atoms. The standard InChI is InChI=1S/C12H23N3O2S/c1-5-13-8-11-9-14-15(12(11)10(2)3)6-7-18(4,16)17/h9-10,13H,5-8H2,1-4H3. The van der Waals surface area contributed by atoms with Crippen LogP contribution >= 0.6 is 0 Å². The first kappa shape index (κ1) is 15.2. The number of hydrogen-bond donors (Lipinski definition) is 1. The van der Waals surface area contributed by atoms with Gasteiger partial charge in [-0.05, 0) is 12.5 Å². The Hall–Kier alpha value is -0.880. The summed E-state index contributed by atoms with van der Waals surface area (Å²) in [6.07, 6.45) is 3.09. The molecule has 0 amide bonds. The van der Waals surface area contributed by atoms with Gasteiger partial charge in [-0.25, -0.2) is 8.42 Å². The van der Waals surface area contributed by atoms with Crippen LogP contribution in [0.4, 0.5) is 0 Å². The van der Waals surface area contributed by atoms with E-state index in [1.165, 1.54) is 6.26 Å². The molecular weight excluding hydrogens is 250 g/mol. The smallest absolute Gasteiger partial charge is 0.149 e. The third-order valence-electron chi connectivity index (χ3n) is 2.75. The topological polar surface area (TPSA) is 64.0 Å². The molecule has 104 valence electrons. The Morgan fingerprint density at radius 3 is 2.61 bits per heavy atom. The van der Waals surface area contributed by atoms with Crippen LogP contribution in [0.25, 0.3) is 0 Å². The second kappa shape index (κ2) is 6.33. The summed E-state index contributed by atoms with van der Waals surface area (Å²) in [5.41, 5.74) is 2.28. The summed E-state index contributed by atoms with van der Waals surface area (Å²) in [5, 5.41) is 7.58. The van der Waals surface area contributed by atoms with Gasteiger partial charge in [0.2, 0.25) is 0 Å². The summed E-state index contributed by atoms with van der Waals surface area (Å²) in [6.45, 7) is 8.38. The third kappa shape index (κ3) is 4.42. The minimum atomic E-state index is -2.95. The second-order valence-corrected chi connectivity index (χ2v) is 7.10. The van der Waals surface area contributed by atoms with Gasteiger partial charge in [0.05, 0.1) is 18.5 Å². The van der Waals surface area contributed by atoms with Gasteiger partial charge in [-0.1, -0.05) is 20.8 Å². The number of rotatable bonds is 7. The van der Waals surface area contributed by atoms with E-state index in [0.29, 0.717) is 12.5 Å². The van der Waals surface area contributed by atoms with Crippen molar-refractivity contribution in [2.24, 2.45) is 0 Å². The Labute approximate surface area is 109 Å². The molecule has 0 saturated heterocycles. The fraction of sp³-hybridized carbons (Fsp3) is 0.750. The second-order valence-electron chi connectivity index (χ2n) is 4.84. The first-order chi connectivity index (χ1) is 8.35. The molecule has 0 aromatic carbocycles. The first-order valence-electron chi connectivity index (χ1n) is 6.28. The highest BCUT2D eigenvalue weighted by molar-refractivity contribution is 7.90. The zero-order valence-electron chi connectivity index (χ0n) is 11.6. The average Bonchev–Trinajstić information content (AvgIpc) is 2.65. The third-order valence-corrected chi connectivity index (χ3v) is 3.67. The highest BCUT2D eigenvalue weighted by Gasteiger charge is 2.15. The van der Waals surface area contributed by atoms with Crippen molar-refractivity contribution in [1.29, 1.82) is 0 Å². The van der Waals surface area contributed by atoms with Gasteiger partial charge >= 0.3 is 0 Å². The fourth-order valence-corrected chi connectivity index (χ4v) is 2.43. The van der Waals surface area contributed by atoms with Crippen LogP contribution in [0.2, 0.25) is 0 Å². The summed E-state index contributed by atoms with van der Waals surface area (Å²) in [4.78, 5) is 0. The van der Waals surface area contributed by atoms with Gasteiger partial charge in [0.1, 0.15) is 9.84 Å². The number of nitrogens with one attached hydrogen (secondary N) is 1. The van der Waals surface area contributed by atoms with Crippen molar-refractivity contribution >= 4 is 9.84 Å². The van der Waals surface area contributed by atoms with Crippen molar-refractivity contribution in [1.82, 2.24) is 15.1 Å². The molecule has 0 saturated carbocycles. The highest BCUT2D eigenvalue weighted by Crippen LogP contribution is 2.19. The molecule has 1 rings (SSSR count). The Balaban J connectivity index is 2.88. The predicted octanol–water partition coefficient (Wildman–Crippen LogP) is 1.16. The molecular formula is C12H23N3O2S. The molecule has 0 radical (unpaired) electrons. The number of sulfone groups is 1. The van der Waals surface area contributed by atoms with E-state index in [9.17, 15) is 8.42 Å². The molecule has 0 aliphatic carbocycles. The number of aromatic nitrogens is 2. The number of hydrogen-bond acceptors (Lipinski definition) is 4. The van der Waals surface area contributed by atoms with Crippen LogP contribution in [0, 0.1) is 0 Å². The molecule has 5 nitrogen and oxygen atoms in total. The quantitative estimate of drug-likeness (QED) is 0.810. The fourth-order valence-electron chi connectivity index (χ4n) is 1.93. The molecule has 0 spiro atoms. The van der Waals surface area contributed by atoms with Gasteiger partial charge < -0.3 is 5.32 Å². The van der Waals surface area contributed by atoms with E-state index in [-0.39, 0.29) is 5.75 Å². The molecule has 0 fully saturated rings. The summed E-state index contributed by atoms with van der Waals surface area (Å²) in [7, 11) is -2.95. The van der Waals surface area contributed by atoms with Gasteiger partial charge in [-0.15, -0.1) is 0 Å². The Morgan fingerprint density at radius 1 is 1.44 bits per heavy atom. The predicted molar refractivity (Wildman–Crippen MR) is 73.4 cm³/mol. The maximum Gasteiger partial charge on any atom is 0.149 e. The number of nitrogens with zero attached hydrogens (tertiary/aromatic N) is 2. The number of aryl methyl sites for hydroxylation is 1. The van der Waals surface area contributed by atoms with E-state index >= 15 is 0 Å². The van der Waals surface area contributed by atoms with Crippen LogP contribution in [0.5, 0.6) is 0 Å². The minimum Gasteiger partial charge on any atom is -0.313 e. The lowest BCUT2D eigenvalue weighted by Gasteiger charge is -2.12. The van der Waals surface area contributed by atoms with Gasteiger partial charge in [0.15, 0.2) is 0 Å². The Bertz CT molecular complexity index is 478. The van der Waals surface area contributed by atoms with E-state index in [1.807, 2.05) is 10.9 Å². The molecule has 0 atom stereocenters. The Kier molecular flexibility index (Phi) is 5.34. The van der Waals surface area contributed by atoms with Crippen LogP contribution in [-0.4, -0.2) is 36.8 Å². The zero-order chi connectivity index (χ0) is 13.8. The normalized spacial score (nSPS) is 12.3. The maximum absolute atomic E-state index is 11.2. The summed E-state index contributed by atoms with van der Waals surface area (Å²) < 4.78 is 24.2. The molecule has 6 heteroatoms. The van der Waals surface area contributed by atoms with E-state index in [1.54, 1.807) is 0 Å². The molecule has 1 aromatic heterocycles. The minimum absolute atomic E-state index is 0.134. The van der Waals surface area contributed by atoms with Crippen LogP contribution in [-0.2, 0) is 22.9 Å². The maximum atomic E-state index is 11.2. The molecule has 1 aromatic rings. The van der Waals surface area contributed by atoms with Crippen molar-refractivity contribution in [2.45, 2.75) is 39.8 Å². The summed E-state index contributed by atoms with van der Waals surface area (Å²) in [5.74, 6) is 0.468. The average molecular weight is 273 g/mol. The molecule has 1 heterocycles. The van der Waals surface area contributed by atoms with E-state index in [2.05, 4.69) is 31.2 Å². The summed E-state index contributed by atoms with van der Waals surface area (Å²) >= 11 is 0. The zero-order valence-corrected chi connectivity index (χ0v) is 12.4. The van der Waals surface area contributed by atoms with Crippen molar-refractivity contribution in [3.8, 4) is 0 Å². The van der Waals surface area contributed by atoms with E-state index < -0.39 is 9.84 Å². The molecule has 0 aliphatic rings. The SMILES string of the molecule is CCNCc1cnn(CCS(C)(=O)=O)c1C(C)C. The first-order valence-corrected chi connectivity index (χ1v) is 8.34. The van der Waals surface area contributed by atoms with Gasteiger partial charge in [-0.2, -0.15) is 5.10 Å². The van der Waals surface area contributed by atoms with Crippen LogP contribution in [0.1, 0.15) is 37.9 Å². The highest BCUT2D eigenvalue weighted by atomic mass is 32.2. The molecule has 18 heavy (non-hydrogen) atoms. The Morgan fingerprint density at radius 2 is 2.11 bits per heavy atom. The molecule has 0 aliphatic heterocycles. The molecule has 1 N–H and O–H groups in total. The van der Waals surface area contributed by atoms with E-state index in [4.69, 9.17) is 0 Å². The van der Waals surface area contributed by atoms with Gasteiger partial charge in [0.25, 0.3) is 0 Å². The van der Waals surface area contributed by atoms with Gasteiger partial charge in [-0.3, -0.25) is 4.68 Å². The van der Waals surface area contributed by atoms with Crippen molar-refractivity contribution in [3.05, 3.63) is 17.5 Å². The van der Waals surface area contributed by atoms with Gasteiger partial charge in [0, 0.05) is 24.1 Å². The summed E-state index contributed by atoms with van der Waals surface area (Å²) in [6, 6.07) is 0.